The van der Waals surface area contributed by atoms with Gasteiger partial charge in [-0.15, -0.1) is 0 Å². The zero-order valence-corrected chi connectivity index (χ0v) is 18.0. The van der Waals surface area contributed by atoms with Crippen LogP contribution in [0.1, 0.15) is 27.2 Å². The lowest BCUT2D eigenvalue weighted by molar-refractivity contribution is -0.116. The van der Waals surface area contributed by atoms with Crippen molar-refractivity contribution in [3.05, 3.63) is 89.3 Å². The molecule has 0 fully saturated rings. The van der Waals surface area contributed by atoms with Gasteiger partial charge >= 0.3 is 5.97 Å². The number of benzene rings is 2. The Morgan fingerprint density at radius 1 is 1.16 bits per heavy atom. The molecule has 2 heterocycles. The third-order valence-corrected chi connectivity index (χ3v) is 5.26. The monoisotopic (exact) mass is 428 g/mol. The molecule has 0 bridgehead atoms. The van der Waals surface area contributed by atoms with E-state index in [2.05, 4.69) is 16.4 Å². The van der Waals surface area contributed by atoms with Gasteiger partial charge in [0, 0.05) is 24.3 Å². The maximum atomic E-state index is 12.3. The molecule has 1 atom stereocenters. The second kappa shape index (κ2) is 9.47. The molecule has 1 aromatic heterocycles. The minimum absolute atomic E-state index is 0.192. The molecular weight excluding hydrogens is 404 g/mol. The lowest BCUT2D eigenvalue weighted by Crippen LogP contribution is -2.33. The van der Waals surface area contributed by atoms with Crippen LogP contribution in [0.2, 0.25) is 0 Å². The van der Waals surface area contributed by atoms with Crippen molar-refractivity contribution in [2.24, 2.45) is 0 Å². The summed E-state index contributed by atoms with van der Waals surface area (Å²) in [5.74, 6) is 0.148. The average Bonchev–Trinajstić information content (AvgIpc) is 3.23. The normalized spacial score (nSPS) is 14.6. The Bertz CT molecular complexity index is 1170. The number of nitrogens with zero attached hydrogens (tertiary/aromatic N) is 1. The van der Waals surface area contributed by atoms with E-state index in [1.165, 1.54) is 13.2 Å². The van der Waals surface area contributed by atoms with Gasteiger partial charge in [0.05, 0.1) is 24.9 Å². The summed E-state index contributed by atoms with van der Waals surface area (Å²) in [5, 5.41) is 2.89. The molecule has 1 aliphatic rings. The molecule has 1 amide bonds. The molecule has 32 heavy (non-hydrogen) atoms. The number of carbonyl (C=O) groups is 2. The van der Waals surface area contributed by atoms with Crippen LogP contribution in [0, 0.1) is 6.92 Å². The number of pyridine rings is 1. The summed E-state index contributed by atoms with van der Waals surface area (Å²) < 4.78 is 11.2. The fraction of sp³-hybridized carbons (Fsp3) is 0.192. The topological polar surface area (TPSA) is 77.5 Å². The van der Waals surface area contributed by atoms with E-state index in [1.807, 2.05) is 49.4 Å². The third kappa shape index (κ3) is 4.70. The summed E-state index contributed by atoms with van der Waals surface area (Å²) in [6.07, 6.45) is 5.30. The van der Waals surface area contributed by atoms with E-state index < -0.39 is 5.97 Å². The van der Waals surface area contributed by atoms with Gasteiger partial charge in [-0.05, 0) is 54.0 Å². The number of fused-ring (bicyclic) bond motifs is 1. The van der Waals surface area contributed by atoms with E-state index in [4.69, 9.17) is 9.47 Å². The maximum absolute atomic E-state index is 12.3. The van der Waals surface area contributed by atoms with Crippen LogP contribution in [0.4, 0.5) is 0 Å². The first-order valence-corrected chi connectivity index (χ1v) is 10.4. The average molecular weight is 428 g/mol. The zero-order valence-electron chi connectivity index (χ0n) is 18.0. The van der Waals surface area contributed by atoms with Crippen molar-refractivity contribution in [2.75, 3.05) is 13.7 Å². The summed E-state index contributed by atoms with van der Waals surface area (Å²) in [6, 6.07) is 17.0. The summed E-state index contributed by atoms with van der Waals surface area (Å²) in [4.78, 5) is 28.6. The smallest absolute Gasteiger partial charge is 0.338 e. The van der Waals surface area contributed by atoms with Crippen molar-refractivity contribution in [3.63, 3.8) is 0 Å². The van der Waals surface area contributed by atoms with Gasteiger partial charge < -0.3 is 14.8 Å². The Labute approximate surface area is 186 Å². The number of carbonyl (C=O) groups excluding carboxylic acids is 2. The van der Waals surface area contributed by atoms with Crippen molar-refractivity contribution >= 4 is 18.0 Å². The van der Waals surface area contributed by atoms with Crippen LogP contribution in [-0.2, 0) is 16.0 Å². The van der Waals surface area contributed by atoms with Crippen molar-refractivity contribution in [3.8, 4) is 16.9 Å². The molecule has 0 saturated heterocycles. The van der Waals surface area contributed by atoms with Gasteiger partial charge in [0.25, 0.3) is 0 Å². The Morgan fingerprint density at radius 2 is 1.97 bits per heavy atom. The molecule has 0 radical (unpaired) electrons. The van der Waals surface area contributed by atoms with Crippen molar-refractivity contribution < 1.29 is 19.1 Å². The summed E-state index contributed by atoms with van der Waals surface area (Å²) in [5.41, 5.74) is 4.96. The highest BCUT2D eigenvalue weighted by atomic mass is 16.5. The van der Waals surface area contributed by atoms with Crippen LogP contribution in [0.25, 0.3) is 17.2 Å². The molecule has 1 aliphatic heterocycles. The quantitative estimate of drug-likeness (QED) is 0.475. The number of ether oxygens (including phenoxy) is 2. The number of aryl methyl sites for hydroxylation is 1. The van der Waals surface area contributed by atoms with Gasteiger partial charge in [0.15, 0.2) is 0 Å². The number of rotatable bonds is 6. The number of esters is 1. The fourth-order valence-corrected chi connectivity index (χ4v) is 3.82. The SMILES string of the molecule is COC(=O)c1ccccc1-c1cc(C)cc2c1OC(CNC(=O)C=Cc1ccccn1)C2. The number of methoxy groups -OCH3 is 1. The first kappa shape index (κ1) is 21.3. The standard InChI is InChI=1S/C26H24N2O4/c1-17-13-18-15-20(16-28-24(29)11-10-19-7-5-6-12-27-19)32-25(18)23(14-17)21-8-3-4-9-22(21)26(30)31-2/h3-14,20H,15-16H2,1-2H3,(H,28,29). The first-order valence-electron chi connectivity index (χ1n) is 10.4. The molecule has 4 rings (SSSR count). The van der Waals surface area contributed by atoms with Gasteiger partial charge in [-0.1, -0.05) is 30.3 Å². The predicted octanol–water partition coefficient (Wildman–Crippen LogP) is 3.98. The summed E-state index contributed by atoms with van der Waals surface area (Å²) in [7, 11) is 1.37. The lowest BCUT2D eigenvalue weighted by atomic mass is 9.94. The van der Waals surface area contributed by atoms with Gasteiger partial charge in [-0.2, -0.15) is 0 Å². The molecule has 1 N–H and O–H groups in total. The highest BCUT2D eigenvalue weighted by Gasteiger charge is 2.28. The summed E-state index contributed by atoms with van der Waals surface area (Å²) in [6.45, 7) is 2.39. The van der Waals surface area contributed by atoms with Gasteiger partial charge in [-0.25, -0.2) is 4.79 Å². The number of nitrogens with one attached hydrogen (secondary N) is 1. The minimum Gasteiger partial charge on any atom is -0.487 e. The van der Waals surface area contributed by atoms with Crippen LogP contribution in [-0.4, -0.2) is 36.6 Å². The van der Waals surface area contributed by atoms with Crippen LogP contribution >= 0.6 is 0 Å². The fourth-order valence-electron chi connectivity index (χ4n) is 3.82. The van der Waals surface area contributed by atoms with E-state index in [9.17, 15) is 9.59 Å². The van der Waals surface area contributed by atoms with Crippen molar-refractivity contribution in [1.82, 2.24) is 10.3 Å². The van der Waals surface area contributed by atoms with E-state index in [-0.39, 0.29) is 12.0 Å². The molecule has 6 nitrogen and oxygen atoms in total. The van der Waals surface area contributed by atoms with Crippen LogP contribution in [0.3, 0.4) is 0 Å². The van der Waals surface area contributed by atoms with Crippen LogP contribution < -0.4 is 10.1 Å². The molecule has 162 valence electrons. The van der Waals surface area contributed by atoms with Gasteiger partial charge in [-0.3, -0.25) is 9.78 Å². The molecule has 6 heteroatoms. The first-order chi connectivity index (χ1) is 15.5. The Hall–Kier alpha value is -3.93. The summed E-state index contributed by atoms with van der Waals surface area (Å²) >= 11 is 0. The number of hydrogen-bond donors (Lipinski definition) is 1. The van der Waals surface area contributed by atoms with Crippen molar-refractivity contribution in [1.29, 1.82) is 0 Å². The van der Waals surface area contributed by atoms with Crippen molar-refractivity contribution in [2.45, 2.75) is 19.4 Å². The number of amides is 1. The molecule has 1 unspecified atom stereocenters. The van der Waals surface area contributed by atoms with E-state index in [0.29, 0.717) is 18.5 Å². The largest absolute Gasteiger partial charge is 0.487 e. The molecule has 3 aromatic rings. The predicted molar refractivity (Wildman–Crippen MR) is 122 cm³/mol. The number of aromatic nitrogens is 1. The molecule has 2 aromatic carbocycles. The lowest BCUT2D eigenvalue weighted by Gasteiger charge is -2.15. The Morgan fingerprint density at radius 3 is 2.75 bits per heavy atom. The highest BCUT2D eigenvalue weighted by molar-refractivity contribution is 5.98. The molecular formula is C26H24N2O4. The van der Waals surface area contributed by atoms with E-state index >= 15 is 0 Å². The van der Waals surface area contributed by atoms with Gasteiger partial charge in [0.1, 0.15) is 11.9 Å². The maximum Gasteiger partial charge on any atom is 0.338 e. The second-order valence-corrected chi connectivity index (χ2v) is 7.61. The zero-order chi connectivity index (χ0) is 22.5. The Balaban J connectivity index is 1.49. The second-order valence-electron chi connectivity index (χ2n) is 7.61. The minimum atomic E-state index is -0.391. The highest BCUT2D eigenvalue weighted by Crippen LogP contribution is 2.41. The Kier molecular flexibility index (Phi) is 6.31. The number of hydrogen-bond acceptors (Lipinski definition) is 5. The van der Waals surface area contributed by atoms with Crippen LogP contribution in [0.5, 0.6) is 5.75 Å². The van der Waals surface area contributed by atoms with E-state index in [0.717, 1.165) is 33.7 Å². The molecule has 0 aliphatic carbocycles. The third-order valence-electron chi connectivity index (χ3n) is 5.26. The molecule has 0 spiro atoms. The van der Waals surface area contributed by atoms with E-state index in [1.54, 1.807) is 18.3 Å². The van der Waals surface area contributed by atoms with Gasteiger partial charge in [0.2, 0.25) is 5.91 Å². The molecule has 0 saturated carbocycles. The van der Waals surface area contributed by atoms with Crippen LogP contribution in [0.15, 0.2) is 66.9 Å².